The fourth-order valence-electron chi connectivity index (χ4n) is 2.61. The first kappa shape index (κ1) is 12.2. The molecule has 2 rings (SSSR count). The third-order valence-electron chi connectivity index (χ3n) is 3.79. The van der Waals surface area contributed by atoms with Crippen LogP contribution in [-0.2, 0) is 0 Å². The summed E-state index contributed by atoms with van der Waals surface area (Å²) in [5.41, 5.74) is 2.31. The van der Waals surface area contributed by atoms with Crippen molar-refractivity contribution in [2.75, 3.05) is 24.3 Å². The van der Waals surface area contributed by atoms with Crippen LogP contribution in [-0.4, -0.2) is 25.1 Å². The van der Waals surface area contributed by atoms with Crippen molar-refractivity contribution in [1.82, 2.24) is 4.98 Å². The fraction of sp³-hybridized carbons (Fsp3) is 0.643. The molecule has 0 atom stereocenters. The zero-order chi connectivity index (χ0) is 12.1. The Bertz CT molecular complexity index is 343. The molecule has 1 fully saturated rings. The highest BCUT2D eigenvalue weighted by atomic mass is 15.1. The first-order valence-corrected chi connectivity index (χ1v) is 6.67. The Morgan fingerprint density at radius 3 is 2.53 bits per heavy atom. The molecule has 1 saturated carbocycles. The number of hydrogen-bond acceptors (Lipinski definition) is 3. The van der Waals surface area contributed by atoms with Gasteiger partial charge in [0.2, 0.25) is 0 Å². The van der Waals surface area contributed by atoms with Gasteiger partial charge in [0.05, 0.1) is 23.8 Å². The lowest BCUT2D eigenvalue weighted by Gasteiger charge is -2.29. The van der Waals surface area contributed by atoms with E-state index < -0.39 is 0 Å². The first-order valence-electron chi connectivity index (χ1n) is 6.67. The number of hydrogen-bond donors (Lipinski definition) is 1. The van der Waals surface area contributed by atoms with E-state index in [-0.39, 0.29) is 0 Å². The van der Waals surface area contributed by atoms with Crippen molar-refractivity contribution in [3.05, 3.63) is 18.5 Å². The lowest BCUT2D eigenvalue weighted by molar-refractivity contribution is 0.552. The van der Waals surface area contributed by atoms with Crippen LogP contribution in [0.25, 0.3) is 0 Å². The van der Waals surface area contributed by atoms with Crippen molar-refractivity contribution in [2.24, 2.45) is 0 Å². The highest BCUT2D eigenvalue weighted by Gasteiger charge is 2.17. The minimum Gasteiger partial charge on any atom is -0.387 e. The van der Waals surface area contributed by atoms with Gasteiger partial charge in [-0.2, -0.15) is 0 Å². The van der Waals surface area contributed by atoms with Crippen LogP contribution in [0.15, 0.2) is 18.5 Å². The summed E-state index contributed by atoms with van der Waals surface area (Å²) in [4.78, 5) is 6.69. The Labute approximate surface area is 104 Å². The zero-order valence-corrected chi connectivity index (χ0v) is 10.9. The van der Waals surface area contributed by atoms with Gasteiger partial charge in [0, 0.05) is 20.1 Å². The number of anilines is 2. The molecule has 3 heteroatoms. The average Bonchev–Trinajstić information content (AvgIpc) is 2.67. The van der Waals surface area contributed by atoms with Crippen molar-refractivity contribution < 1.29 is 0 Å². The van der Waals surface area contributed by atoms with Gasteiger partial charge in [-0.05, 0) is 18.9 Å². The van der Waals surface area contributed by atoms with Crippen LogP contribution >= 0.6 is 0 Å². The maximum Gasteiger partial charge on any atom is 0.0573 e. The smallest absolute Gasteiger partial charge is 0.0573 e. The summed E-state index contributed by atoms with van der Waals surface area (Å²) in [7, 11) is 4.14. The third kappa shape index (κ3) is 3.11. The minimum atomic E-state index is 0.686. The Hall–Kier alpha value is -1.25. The summed E-state index contributed by atoms with van der Waals surface area (Å²) in [6, 6.07) is 2.86. The van der Waals surface area contributed by atoms with E-state index in [4.69, 9.17) is 0 Å². The molecule has 17 heavy (non-hydrogen) atoms. The van der Waals surface area contributed by atoms with Crippen LogP contribution in [0.1, 0.15) is 38.5 Å². The third-order valence-corrected chi connectivity index (χ3v) is 3.79. The second-order valence-electron chi connectivity index (χ2n) is 4.94. The molecule has 0 aromatic carbocycles. The standard InChI is InChI=1S/C14H23N3/c1-15-12-9-14(11-16-10-12)17(2)13-7-5-3-4-6-8-13/h9-11,13,15H,3-8H2,1-2H3. The molecule has 0 saturated heterocycles. The first-order chi connectivity index (χ1) is 8.31. The fourth-order valence-corrected chi connectivity index (χ4v) is 2.61. The number of nitrogens with zero attached hydrogens (tertiary/aromatic N) is 2. The van der Waals surface area contributed by atoms with E-state index in [1.54, 1.807) is 0 Å². The topological polar surface area (TPSA) is 28.2 Å². The summed E-state index contributed by atoms with van der Waals surface area (Å²) in [5.74, 6) is 0. The van der Waals surface area contributed by atoms with E-state index in [2.05, 4.69) is 28.3 Å². The van der Waals surface area contributed by atoms with Crippen LogP contribution < -0.4 is 10.2 Å². The van der Waals surface area contributed by atoms with Crippen molar-refractivity contribution >= 4 is 11.4 Å². The molecule has 1 aromatic rings. The molecule has 0 radical (unpaired) electrons. The molecule has 1 aliphatic carbocycles. The van der Waals surface area contributed by atoms with Crippen LogP contribution in [0.2, 0.25) is 0 Å². The predicted molar refractivity (Wildman–Crippen MR) is 73.7 cm³/mol. The van der Waals surface area contributed by atoms with E-state index in [1.807, 2.05) is 19.4 Å². The van der Waals surface area contributed by atoms with E-state index >= 15 is 0 Å². The van der Waals surface area contributed by atoms with Crippen molar-refractivity contribution in [3.8, 4) is 0 Å². The number of aromatic nitrogens is 1. The maximum absolute atomic E-state index is 4.29. The quantitative estimate of drug-likeness (QED) is 0.812. The molecule has 0 aliphatic heterocycles. The van der Waals surface area contributed by atoms with Crippen LogP contribution in [0.4, 0.5) is 11.4 Å². The summed E-state index contributed by atoms with van der Waals surface area (Å²) in [6.07, 6.45) is 12.0. The molecule has 3 nitrogen and oxygen atoms in total. The van der Waals surface area contributed by atoms with Gasteiger partial charge in [-0.1, -0.05) is 25.7 Å². The normalized spacial score (nSPS) is 17.5. The SMILES string of the molecule is CNc1cncc(N(C)C2CCCCCC2)c1. The molecule has 0 unspecified atom stereocenters. The molecule has 0 amide bonds. The minimum absolute atomic E-state index is 0.686. The summed E-state index contributed by atoms with van der Waals surface area (Å²) >= 11 is 0. The van der Waals surface area contributed by atoms with Gasteiger partial charge in [0.25, 0.3) is 0 Å². The highest BCUT2D eigenvalue weighted by Crippen LogP contribution is 2.26. The molecule has 1 aromatic heterocycles. The molecule has 1 N–H and O–H groups in total. The molecule has 94 valence electrons. The highest BCUT2D eigenvalue weighted by molar-refractivity contribution is 5.55. The summed E-state index contributed by atoms with van der Waals surface area (Å²) < 4.78 is 0. The Morgan fingerprint density at radius 2 is 1.88 bits per heavy atom. The maximum atomic E-state index is 4.29. The number of rotatable bonds is 3. The number of pyridine rings is 1. The second-order valence-corrected chi connectivity index (χ2v) is 4.94. The zero-order valence-electron chi connectivity index (χ0n) is 10.9. The van der Waals surface area contributed by atoms with Gasteiger partial charge in [-0.25, -0.2) is 0 Å². The monoisotopic (exact) mass is 233 g/mol. The van der Waals surface area contributed by atoms with Crippen molar-refractivity contribution in [1.29, 1.82) is 0 Å². The Morgan fingerprint density at radius 1 is 1.18 bits per heavy atom. The summed E-state index contributed by atoms with van der Waals surface area (Å²) in [6.45, 7) is 0. The van der Waals surface area contributed by atoms with Gasteiger partial charge in [0.1, 0.15) is 0 Å². The molecule has 1 aliphatic rings. The van der Waals surface area contributed by atoms with Crippen molar-refractivity contribution in [2.45, 2.75) is 44.6 Å². The van der Waals surface area contributed by atoms with E-state index in [0.29, 0.717) is 6.04 Å². The molecule has 0 bridgehead atoms. The van der Waals surface area contributed by atoms with Gasteiger partial charge in [-0.3, -0.25) is 4.98 Å². The van der Waals surface area contributed by atoms with Crippen LogP contribution in [0.5, 0.6) is 0 Å². The van der Waals surface area contributed by atoms with E-state index in [0.717, 1.165) is 5.69 Å². The lowest BCUT2D eigenvalue weighted by Crippen LogP contribution is -2.31. The lowest BCUT2D eigenvalue weighted by atomic mass is 10.1. The molecule has 1 heterocycles. The Kier molecular flexibility index (Phi) is 4.24. The van der Waals surface area contributed by atoms with Crippen LogP contribution in [0.3, 0.4) is 0 Å². The van der Waals surface area contributed by atoms with Gasteiger partial charge >= 0.3 is 0 Å². The second kappa shape index (κ2) is 5.89. The van der Waals surface area contributed by atoms with Gasteiger partial charge in [0.15, 0.2) is 0 Å². The van der Waals surface area contributed by atoms with Gasteiger partial charge < -0.3 is 10.2 Å². The summed E-state index contributed by atoms with van der Waals surface area (Å²) in [5, 5.41) is 3.15. The number of nitrogens with one attached hydrogen (secondary N) is 1. The Balaban J connectivity index is 2.08. The van der Waals surface area contributed by atoms with Crippen molar-refractivity contribution in [3.63, 3.8) is 0 Å². The van der Waals surface area contributed by atoms with E-state index in [1.165, 1.54) is 44.2 Å². The largest absolute Gasteiger partial charge is 0.387 e. The average molecular weight is 233 g/mol. The van der Waals surface area contributed by atoms with Gasteiger partial charge in [-0.15, -0.1) is 0 Å². The van der Waals surface area contributed by atoms with Crippen LogP contribution in [0, 0.1) is 0 Å². The predicted octanol–water partition coefficient (Wildman–Crippen LogP) is 3.28. The molecule has 0 spiro atoms. The molecular weight excluding hydrogens is 210 g/mol. The molecular formula is C14H23N3. The van der Waals surface area contributed by atoms with E-state index in [9.17, 15) is 0 Å².